The quantitative estimate of drug-likeness (QED) is 0.629. The molecule has 0 aliphatic heterocycles. The number of rotatable bonds is 6. The standard InChI is InChI=1S/C21H24O2/c1-3-5-9-16-14-19(23-20(22)8-4-2)18-13-7-11-15-10-6-12-17(16)21(15)18/h6-7,10-14,19H,3-5,8-9H2,1-2H3. The molecule has 1 atom stereocenters. The Balaban J connectivity index is 2.05. The first-order chi connectivity index (χ1) is 11.2. The Bertz CT molecular complexity index is 737. The zero-order valence-electron chi connectivity index (χ0n) is 14.0. The molecule has 0 saturated heterocycles. The van der Waals surface area contributed by atoms with E-state index < -0.39 is 0 Å². The van der Waals surface area contributed by atoms with E-state index in [4.69, 9.17) is 4.74 Å². The second-order valence-electron chi connectivity index (χ2n) is 6.21. The molecule has 0 N–H and O–H groups in total. The van der Waals surface area contributed by atoms with Crippen LogP contribution in [0.1, 0.15) is 63.2 Å². The van der Waals surface area contributed by atoms with Gasteiger partial charge in [0.1, 0.15) is 6.10 Å². The molecule has 23 heavy (non-hydrogen) atoms. The molecule has 120 valence electrons. The molecule has 1 unspecified atom stereocenters. The van der Waals surface area contributed by atoms with Crippen LogP contribution in [0.25, 0.3) is 16.3 Å². The molecule has 0 bridgehead atoms. The molecule has 0 amide bonds. The fourth-order valence-electron chi connectivity index (χ4n) is 3.32. The van der Waals surface area contributed by atoms with E-state index >= 15 is 0 Å². The Morgan fingerprint density at radius 1 is 1.09 bits per heavy atom. The number of hydrogen-bond acceptors (Lipinski definition) is 2. The van der Waals surface area contributed by atoms with E-state index in [-0.39, 0.29) is 12.1 Å². The van der Waals surface area contributed by atoms with Crippen molar-refractivity contribution in [3.63, 3.8) is 0 Å². The number of allylic oxidation sites excluding steroid dienone is 1. The van der Waals surface area contributed by atoms with Crippen LogP contribution in [0.15, 0.2) is 42.5 Å². The summed E-state index contributed by atoms with van der Waals surface area (Å²) in [6.07, 6.45) is 6.55. The molecule has 0 fully saturated rings. The summed E-state index contributed by atoms with van der Waals surface area (Å²) in [5.74, 6) is -0.111. The van der Waals surface area contributed by atoms with Gasteiger partial charge in [-0.2, -0.15) is 0 Å². The topological polar surface area (TPSA) is 26.3 Å². The smallest absolute Gasteiger partial charge is 0.306 e. The van der Waals surface area contributed by atoms with Crippen molar-refractivity contribution in [2.45, 2.75) is 52.1 Å². The zero-order chi connectivity index (χ0) is 16.2. The summed E-state index contributed by atoms with van der Waals surface area (Å²) in [7, 11) is 0. The average molecular weight is 308 g/mol. The molecule has 2 aromatic rings. The molecule has 0 heterocycles. The third kappa shape index (κ3) is 3.17. The van der Waals surface area contributed by atoms with Gasteiger partial charge in [-0.3, -0.25) is 4.79 Å². The van der Waals surface area contributed by atoms with Crippen LogP contribution in [0.5, 0.6) is 0 Å². The maximum absolute atomic E-state index is 12.0. The molecular formula is C21H24O2. The summed E-state index contributed by atoms with van der Waals surface area (Å²) in [4.78, 5) is 12.0. The largest absolute Gasteiger partial charge is 0.453 e. The minimum atomic E-state index is -0.250. The summed E-state index contributed by atoms with van der Waals surface area (Å²) in [5.41, 5.74) is 3.72. The van der Waals surface area contributed by atoms with Crippen LogP contribution < -0.4 is 0 Å². The summed E-state index contributed by atoms with van der Waals surface area (Å²) in [6, 6.07) is 12.7. The zero-order valence-corrected chi connectivity index (χ0v) is 14.0. The predicted molar refractivity (Wildman–Crippen MR) is 95.2 cm³/mol. The highest BCUT2D eigenvalue weighted by atomic mass is 16.5. The molecule has 0 spiro atoms. The van der Waals surface area contributed by atoms with Gasteiger partial charge in [0.25, 0.3) is 0 Å². The lowest BCUT2D eigenvalue weighted by Crippen LogP contribution is -2.13. The number of ether oxygens (including phenoxy) is 1. The highest BCUT2D eigenvalue weighted by molar-refractivity contribution is 5.98. The lowest BCUT2D eigenvalue weighted by molar-refractivity contribution is -0.147. The van der Waals surface area contributed by atoms with Crippen LogP contribution in [-0.2, 0) is 9.53 Å². The molecule has 2 heteroatoms. The van der Waals surface area contributed by atoms with Crippen molar-refractivity contribution < 1.29 is 9.53 Å². The molecular weight excluding hydrogens is 284 g/mol. The van der Waals surface area contributed by atoms with Gasteiger partial charge >= 0.3 is 5.97 Å². The molecule has 1 aliphatic carbocycles. The molecule has 0 aromatic heterocycles. The van der Waals surface area contributed by atoms with E-state index in [1.165, 1.54) is 21.9 Å². The highest BCUT2D eigenvalue weighted by Gasteiger charge is 2.24. The monoisotopic (exact) mass is 308 g/mol. The van der Waals surface area contributed by atoms with Crippen LogP contribution in [-0.4, -0.2) is 5.97 Å². The number of esters is 1. The van der Waals surface area contributed by atoms with E-state index in [0.717, 1.165) is 31.2 Å². The van der Waals surface area contributed by atoms with Crippen LogP contribution >= 0.6 is 0 Å². The molecule has 0 saturated carbocycles. The number of unbranched alkanes of at least 4 members (excludes halogenated alkanes) is 1. The second kappa shape index (κ2) is 6.99. The van der Waals surface area contributed by atoms with Gasteiger partial charge < -0.3 is 4.74 Å². The van der Waals surface area contributed by atoms with E-state index in [1.54, 1.807) is 0 Å². The van der Waals surface area contributed by atoms with Crippen molar-refractivity contribution in [2.24, 2.45) is 0 Å². The Hall–Kier alpha value is -2.09. The maximum Gasteiger partial charge on any atom is 0.306 e. The fourth-order valence-corrected chi connectivity index (χ4v) is 3.32. The van der Waals surface area contributed by atoms with Crippen LogP contribution in [0, 0.1) is 0 Å². The summed E-state index contributed by atoms with van der Waals surface area (Å²) in [6.45, 7) is 4.21. The van der Waals surface area contributed by atoms with Crippen molar-refractivity contribution in [1.82, 2.24) is 0 Å². The minimum absolute atomic E-state index is 0.111. The van der Waals surface area contributed by atoms with Crippen molar-refractivity contribution in [1.29, 1.82) is 0 Å². The van der Waals surface area contributed by atoms with Crippen molar-refractivity contribution in [3.8, 4) is 0 Å². The van der Waals surface area contributed by atoms with Gasteiger partial charge in [-0.15, -0.1) is 0 Å². The Morgan fingerprint density at radius 3 is 2.61 bits per heavy atom. The summed E-state index contributed by atoms with van der Waals surface area (Å²) in [5, 5.41) is 2.47. The number of carbonyl (C=O) groups is 1. The van der Waals surface area contributed by atoms with E-state index in [0.29, 0.717) is 6.42 Å². The third-order valence-electron chi connectivity index (χ3n) is 4.45. The van der Waals surface area contributed by atoms with Crippen molar-refractivity contribution >= 4 is 22.3 Å². The Labute approximate surface area is 138 Å². The van der Waals surface area contributed by atoms with E-state index in [2.05, 4.69) is 43.3 Å². The van der Waals surface area contributed by atoms with Crippen LogP contribution in [0.4, 0.5) is 0 Å². The van der Waals surface area contributed by atoms with Gasteiger partial charge in [0.2, 0.25) is 0 Å². The van der Waals surface area contributed by atoms with Crippen LogP contribution in [0.3, 0.4) is 0 Å². The first-order valence-corrected chi connectivity index (χ1v) is 8.66. The number of benzene rings is 2. The van der Waals surface area contributed by atoms with E-state index in [9.17, 15) is 4.79 Å². The normalized spacial score (nSPS) is 16.3. The molecule has 1 aliphatic rings. The van der Waals surface area contributed by atoms with Crippen molar-refractivity contribution in [2.75, 3.05) is 0 Å². The number of carbonyl (C=O) groups excluding carboxylic acids is 1. The average Bonchev–Trinajstić information content (AvgIpc) is 2.56. The van der Waals surface area contributed by atoms with Gasteiger partial charge in [0, 0.05) is 12.0 Å². The molecule has 2 nitrogen and oxygen atoms in total. The molecule has 2 aromatic carbocycles. The van der Waals surface area contributed by atoms with Gasteiger partial charge in [0.15, 0.2) is 0 Å². The first kappa shape index (κ1) is 15.8. The minimum Gasteiger partial charge on any atom is -0.453 e. The summed E-state index contributed by atoms with van der Waals surface area (Å²) >= 11 is 0. The van der Waals surface area contributed by atoms with Gasteiger partial charge in [-0.25, -0.2) is 0 Å². The molecule has 3 rings (SSSR count). The maximum atomic E-state index is 12.0. The molecule has 0 radical (unpaired) electrons. The lowest BCUT2D eigenvalue weighted by Gasteiger charge is -2.25. The fraction of sp³-hybridized carbons (Fsp3) is 0.381. The second-order valence-corrected chi connectivity index (χ2v) is 6.21. The Morgan fingerprint density at radius 2 is 1.87 bits per heavy atom. The number of hydrogen-bond donors (Lipinski definition) is 0. The first-order valence-electron chi connectivity index (χ1n) is 8.66. The van der Waals surface area contributed by atoms with Gasteiger partial charge in [0.05, 0.1) is 0 Å². The van der Waals surface area contributed by atoms with Gasteiger partial charge in [-0.1, -0.05) is 56.7 Å². The third-order valence-corrected chi connectivity index (χ3v) is 4.45. The Kier molecular flexibility index (Phi) is 4.80. The highest BCUT2D eigenvalue weighted by Crippen LogP contribution is 2.41. The lowest BCUT2D eigenvalue weighted by atomic mass is 9.85. The SMILES string of the molecule is CCCCC1=CC(OC(=O)CCC)c2cccc3cccc1c23. The summed E-state index contributed by atoms with van der Waals surface area (Å²) < 4.78 is 5.77. The van der Waals surface area contributed by atoms with E-state index in [1.807, 2.05) is 13.0 Å². The van der Waals surface area contributed by atoms with Crippen molar-refractivity contribution in [3.05, 3.63) is 53.6 Å². The van der Waals surface area contributed by atoms with Crippen LogP contribution in [0.2, 0.25) is 0 Å². The predicted octanol–water partition coefficient (Wildman–Crippen LogP) is 5.81. The van der Waals surface area contributed by atoms with Gasteiger partial charge in [-0.05, 0) is 47.2 Å².